The van der Waals surface area contributed by atoms with Crippen molar-refractivity contribution in [1.29, 1.82) is 0 Å². The van der Waals surface area contributed by atoms with Gasteiger partial charge in [0.1, 0.15) is 0 Å². The highest BCUT2D eigenvalue weighted by atomic mass is 16.6. The molecule has 1 rings (SSSR count). The highest BCUT2D eigenvalue weighted by molar-refractivity contribution is 5.23. The third kappa shape index (κ3) is 2.17. The van der Waals surface area contributed by atoms with E-state index < -0.39 is 4.92 Å². The molecule has 0 spiro atoms. The second kappa shape index (κ2) is 4.52. The van der Waals surface area contributed by atoms with E-state index in [-0.39, 0.29) is 12.5 Å². The molecule has 0 unspecified atom stereocenters. The SMILES string of the molecule is C=CCc1cc([N+](=O)[O-])nn1COC. The number of hydrogen-bond acceptors (Lipinski definition) is 4. The smallest absolute Gasteiger partial charge is 0.360 e. The monoisotopic (exact) mass is 197 g/mol. The van der Waals surface area contributed by atoms with Gasteiger partial charge < -0.3 is 14.9 Å². The van der Waals surface area contributed by atoms with E-state index in [0.717, 1.165) is 0 Å². The summed E-state index contributed by atoms with van der Waals surface area (Å²) in [5.74, 6) is -0.168. The maximum absolute atomic E-state index is 10.4. The van der Waals surface area contributed by atoms with Crippen molar-refractivity contribution in [2.45, 2.75) is 13.2 Å². The summed E-state index contributed by atoms with van der Waals surface area (Å²) in [6.45, 7) is 3.76. The Morgan fingerprint density at radius 3 is 3.07 bits per heavy atom. The Morgan fingerprint density at radius 1 is 1.86 bits per heavy atom. The quantitative estimate of drug-likeness (QED) is 0.403. The first-order valence-corrected chi connectivity index (χ1v) is 4.00. The number of nitrogens with zero attached hydrogens (tertiary/aromatic N) is 3. The van der Waals surface area contributed by atoms with E-state index in [4.69, 9.17) is 4.74 Å². The van der Waals surface area contributed by atoms with E-state index in [0.29, 0.717) is 12.1 Å². The van der Waals surface area contributed by atoms with Gasteiger partial charge in [-0.25, -0.2) is 0 Å². The molecule has 6 nitrogen and oxygen atoms in total. The second-order valence-electron chi connectivity index (χ2n) is 2.66. The summed E-state index contributed by atoms with van der Waals surface area (Å²) in [6.07, 6.45) is 2.19. The molecular weight excluding hydrogens is 186 g/mol. The van der Waals surface area contributed by atoms with E-state index in [1.54, 1.807) is 6.08 Å². The van der Waals surface area contributed by atoms with E-state index in [2.05, 4.69) is 11.7 Å². The molecule has 0 amide bonds. The predicted octanol–water partition coefficient (Wildman–Crippen LogP) is 1.12. The first-order chi connectivity index (χ1) is 6.69. The molecule has 14 heavy (non-hydrogen) atoms. The van der Waals surface area contributed by atoms with Crippen LogP contribution < -0.4 is 0 Å². The molecule has 0 aliphatic rings. The minimum Gasteiger partial charge on any atom is -0.360 e. The molecule has 0 bridgehead atoms. The molecule has 76 valence electrons. The average Bonchev–Trinajstić information content (AvgIpc) is 2.50. The topological polar surface area (TPSA) is 70.2 Å². The van der Waals surface area contributed by atoms with Crippen LogP contribution in [0, 0.1) is 10.1 Å². The van der Waals surface area contributed by atoms with Crippen molar-refractivity contribution >= 4 is 5.82 Å². The first kappa shape index (κ1) is 10.4. The van der Waals surface area contributed by atoms with Crippen LogP contribution in [0.15, 0.2) is 18.7 Å². The van der Waals surface area contributed by atoms with Gasteiger partial charge in [-0.15, -0.1) is 6.58 Å². The fraction of sp³-hybridized carbons (Fsp3) is 0.375. The molecule has 1 heterocycles. The number of hydrogen-bond donors (Lipinski definition) is 0. The maximum atomic E-state index is 10.4. The van der Waals surface area contributed by atoms with Gasteiger partial charge in [-0.1, -0.05) is 6.08 Å². The van der Waals surface area contributed by atoms with Crippen LogP contribution in [0.25, 0.3) is 0 Å². The van der Waals surface area contributed by atoms with Crippen molar-refractivity contribution in [3.8, 4) is 0 Å². The van der Waals surface area contributed by atoms with Crippen LogP contribution >= 0.6 is 0 Å². The van der Waals surface area contributed by atoms with Crippen LogP contribution in [-0.2, 0) is 17.9 Å². The van der Waals surface area contributed by atoms with Gasteiger partial charge in [0.25, 0.3) is 0 Å². The Hall–Kier alpha value is -1.69. The number of nitro groups is 1. The fourth-order valence-electron chi connectivity index (χ4n) is 1.08. The van der Waals surface area contributed by atoms with Crippen molar-refractivity contribution in [3.05, 3.63) is 34.5 Å². The summed E-state index contributed by atoms with van der Waals surface area (Å²) in [7, 11) is 1.51. The van der Waals surface area contributed by atoms with E-state index in [9.17, 15) is 10.1 Å². The van der Waals surface area contributed by atoms with Crippen molar-refractivity contribution in [2.24, 2.45) is 0 Å². The van der Waals surface area contributed by atoms with Crippen LogP contribution in [0.2, 0.25) is 0 Å². The lowest BCUT2D eigenvalue weighted by atomic mass is 10.3. The molecule has 0 fully saturated rings. The fourth-order valence-corrected chi connectivity index (χ4v) is 1.08. The van der Waals surface area contributed by atoms with Crippen LogP contribution in [0.5, 0.6) is 0 Å². The van der Waals surface area contributed by atoms with Gasteiger partial charge >= 0.3 is 5.82 Å². The summed E-state index contributed by atoms with van der Waals surface area (Å²) >= 11 is 0. The van der Waals surface area contributed by atoms with Crippen LogP contribution in [-0.4, -0.2) is 21.8 Å². The third-order valence-electron chi connectivity index (χ3n) is 1.64. The van der Waals surface area contributed by atoms with Crippen LogP contribution in [0.3, 0.4) is 0 Å². The van der Waals surface area contributed by atoms with Crippen molar-refractivity contribution in [2.75, 3.05) is 7.11 Å². The second-order valence-corrected chi connectivity index (χ2v) is 2.66. The Morgan fingerprint density at radius 2 is 2.57 bits per heavy atom. The lowest BCUT2D eigenvalue weighted by molar-refractivity contribution is -0.389. The largest absolute Gasteiger partial charge is 0.390 e. The highest BCUT2D eigenvalue weighted by Gasteiger charge is 2.16. The van der Waals surface area contributed by atoms with Crippen LogP contribution in [0.1, 0.15) is 5.69 Å². The zero-order chi connectivity index (χ0) is 10.6. The zero-order valence-corrected chi connectivity index (χ0v) is 7.84. The Bertz CT molecular complexity index is 346. The number of rotatable bonds is 5. The highest BCUT2D eigenvalue weighted by Crippen LogP contribution is 2.12. The Kier molecular flexibility index (Phi) is 3.35. The molecule has 1 aromatic rings. The molecule has 0 saturated carbocycles. The standard InChI is InChI=1S/C8H11N3O3/c1-3-4-7-5-8(11(12)13)9-10(7)6-14-2/h3,5H,1,4,6H2,2H3. The number of methoxy groups -OCH3 is 1. The van der Waals surface area contributed by atoms with Crippen molar-refractivity contribution < 1.29 is 9.66 Å². The Labute approximate surface area is 80.9 Å². The molecule has 0 radical (unpaired) electrons. The third-order valence-corrected chi connectivity index (χ3v) is 1.64. The number of allylic oxidation sites excluding steroid dienone is 1. The molecule has 0 aliphatic carbocycles. The minimum atomic E-state index is -0.529. The lowest BCUT2D eigenvalue weighted by Gasteiger charge is -1.97. The van der Waals surface area contributed by atoms with Gasteiger partial charge in [0.15, 0.2) is 6.73 Å². The number of aromatic nitrogens is 2. The summed E-state index contributed by atoms with van der Waals surface area (Å²) in [6, 6.07) is 1.42. The van der Waals surface area contributed by atoms with Gasteiger partial charge in [-0.05, 0) is 4.92 Å². The molecule has 1 aromatic heterocycles. The molecule has 0 atom stereocenters. The summed E-state index contributed by atoms with van der Waals surface area (Å²) in [5.41, 5.74) is 0.716. The van der Waals surface area contributed by atoms with Gasteiger partial charge in [0.2, 0.25) is 0 Å². The van der Waals surface area contributed by atoms with Gasteiger partial charge in [0.05, 0.1) is 16.9 Å². The predicted molar refractivity (Wildman–Crippen MR) is 49.8 cm³/mol. The summed E-state index contributed by atoms with van der Waals surface area (Å²) in [5, 5.41) is 14.2. The van der Waals surface area contributed by atoms with Crippen molar-refractivity contribution in [1.82, 2.24) is 9.78 Å². The van der Waals surface area contributed by atoms with E-state index in [1.165, 1.54) is 17.9 Å². The molecule has 0 N–H and O–H groups in total. The van der Waals surface area contributed by atoms with Gasteiger partial charge in [-0.2, -0.15) is 4.68 Å². The average molecular weight is 197 g/mol. The molecule has 0 aliphatic heterocycles. The van der Waals surface area contributed by atoms with Gasteiger partial charge in [-0.3, -0.25) is 0 Å². The Balaban J connectivity index is 2.98. The van der Waals surface area contributed by atoms with E-state index >= 15 is 0 Å². The molecule has 6 heteroatoms. The normalized spacial score (nSPS) is 10.1. The summed E-state index contributed by atoms with van der Waals surface area (Å²) in [4.78, 5) is 9.91. The molecular formula is C8H11N3O3. The first-order valence-electron chi connectivity index (χ1n) is 4.00. The summed E-state index contributed by atoms with van der Waals surface area (Å²) < 4.78 is 6.30. The maximum Gasteiger partial charge on any atom is 0.390 e. The lowest BCUT2D eigenvalue weighted by Crippen LogP contribution is -2.06. The molecule has 0 aromatic carbocycles. The van der Waals surface area contributed by atoms with Crippen molar-refractivity contribution in [3.63, 3.8) is 0 Å². The van der Waals surface area contributed by atoms with Crippen LogP contribution in [0.4, 0.5) is 5.82 Å². The minimum absolute atomic E-state index is 0.168. The zero-order valence-electron chi connectivity index (χ0n) is 7.84. The van der Waals surface area contributed by atoms with E-state index in [1.807, 2.05) is 0 Å². The number of ether oxygens (including phenoxy) is 1. The van der Waals surface area contributed by atoms with Gasteiger partial charge in [0, 0.05) is 13.5 Å². The molecule has 0 saturated heterocycles.